The molecule has 0 aliphatic carbocycles. The molecule has 0 aliphatic heterocycles. The number of carboxylic acid groups (broad SMARTS) is 1. The number of nitrogens with one attached hydrogen (secondary N) is 1. The van der Waals surface area contributed by atoms with Crippen LogP contribution >= 0.6 is 0 Å². The summed E-state index contributed by atoms with van der Waals surface area (Å²) in [5.41, 5.74) is 0.124. The Morgan fingerprint density at radius 3 is 2.27 bits per heavy atom. The van der Waals surface area contributed by atoms with E-state index in [9.17, 15) is 19.7 Å². The summed E-state index contributed by atoms with van der Waals surface area (Å²) in [5, 5.41) is 22.4. The number of nitrogens with zero attached hydrogens (tertiary/aromatic N) is 1. The van der Waals surface area contributed by atoms with Gasteiger partial charge in [-0.05, 0) is 12.1 Å². The Kier molecular flexibility index (Phi) is 4.47. The molecule has 1 amide bonds. The number of carbonyl (C=O) groups is 2. The van der Waals surface area contributed by atoms with E-state index < -0.39 is 16.8 Å². The zero-order chi connectivity index (χ0) is 16.1. The normalized spacial score (nSPS) is 10.0. The number of benzene rings is 2. The first kappa shape index (κ1) is 15.2. The van der Waals surface area contributed by atoms with Crippen molar-refractivity contribution in [3.8, 4) is 0 Å². The molecule has 0 bridgehead atoms. The summed E-state index contributed by atoms with van der Waals surface area (Å²) >= 11 is 0. The van der Waals surface area contributed by atoms with Crippen molar-refractivity contribution in [2.75, 3.05) is 0 Å². The first-order valence-electron chi connectivity index (χ1n) is 6.33. The van der Waals surface area contributed by atoms with Crippen molar-refractivity contribution in [3.05, 3.63) is 75.3 Å². The van der Waals surface area contributed by atoms with Crippen LogP contribution in [0.2, 0.25) is 0 Å². The van der Waals surface area contributed by atoms with Crippen molar-refractivity contribution in [1.82, 2.24) is 5.32 Å². The number of nitro groups is 1. The smallest absolute Gasteiger partial charge is 0.336 e. The van der Waals surface area contributed by atoms with Gasteiger partial charge < -0.3 is 10.4 Å². The molecular formula is C15H12N2O5. The number of nitro benzene ring substituents is 1. The highest BCUT2D eigenvalue weighted by Crippen LogP contribution is 2.17. The Bertz CT molecular complexity index is 742. The summed E-state index contributed by atoms with van der Waals surface area (Å²) in [5.74, 6) is -1.81. The molecule has 0 aromatic heterocycles. The Hall–Kier alpha value is -3.22. The van der Waals surface area contributed by atoms with Crippen LogP contribution < -0.4 is 5.32 Å². The van der Waals surface area contributed by atoms with Crippen molar-refractivity contribution in [3.63, 3.8) is 0 Å². The van der Waals surface area contributed by atoms with E-state index in [1.807, 2.05) is 0 Å². The predicted molar refractivity (Wildman–Crippen MR) is 77.7 cm³/mol. The van der Waals surface area contributed by atoms with E-state index in [1.54, 1.807) is 12.1 Å². The molecule has 0 radical (unpaired) electrons. The molecule has 0 aliphatic rings. The fraction of sp³-hybridized carbons (Fsp3) is 0.0667. The van der Waals surface area contributed by atoms with Crippen molar-refractivity contribution in [2.24, 2.45) is 0 Å². The predicted octanol–water partition coefficient (Wildman–Crippen LogP) is 2.22. The van der Waals surface area contributed by atoms with E-state index in [4.69, 9.17) is 5.11 Å². The quantitative estimate of drug-likeness (QED) is 0.650. The fourth-order valence-electron chi connectivity index (χ4n) is 1.98. The van der Waals surface area contributed by atoms with Gasteiger partial charge in [-0.2, -0.15) is 0 Å². The van der Waals surface area contributed by atoms with Crippen LogP contribution in [0, 0.1) is 10.1 Å². The Morgan fingerprint density at radius 1 is 1.05 bits per heavy atom. The molecule has 0 fully saturated rings. The van der Waals surface area contributed by atoms with E-state index in [2.05, 4.69) is 5.32 Å². The molecule has 0 saturated carbocycles. The van der Waals surface area contributed by atoms with Gasteiger partial charge in [0.05, 0.1) is 16.1 Å². The summed E-state index contributed by atoms with van der Waals surface area (Å²) in [7, 11) is 0. The average molecular weight is 300 g/mol. The number of amides is 1. The lowest BCUT2D eigenvalue weighted by molar-refractivity contribution is -0.385. The first-order valence-corrected chi connectivity index (χ1v) is 6.33. The van der Waals surface area contributed by atoms with Crippen LogP contribution in [0.15, 0.2) is 48.5 Å². The molecule has 0 heterocycles. The average Bonchev–Trinajstić information content (AvgIpc) is 2.52. The maximum atomic E-state index is 12.1. The van der Waals surface area contributed by atoms with Crippen molar-refractivity contribution < 1.29 is 19.6 Å². The van der Waals surface area contributed by atoms with Gasteiger partial charge in [-0.1, -0.05) is 30.3 Å². The van der Waals surface area contributed by atoms with E-state index in [1.165, 1.54) is 36.4 Å². The second-order valence-electron chi connectivity index (χ2n) is 4.42. The Labute approximate surface area is 125 Å². The monoisotopic (exact) mass is 300 g/mol. The lowest BCUT2D eigenvalue weighted by atomic mass is 10.1. The van der Waals surface area contributed by atoms with Crippen molar-refractivity contribution >= 4 is 17.6 Å². The van der Waals surface area contributed by atoms with E-state index in [-0.39, 0.29) is 23.4 Å². The third-order valence-corrected chi connectivity index (χ3v) is 3.03. The molecule has 2 aromatic carbocycles. The topological polar surface area (TPSA) is 110 Å². The summed E-state index contributed by atoms with van der Waals surface area (Å²) in [4.78, 5) is 33.5. The molecule has 2 N–H and O–H groups in total. The molecule has 22 heavy (non-hydrogen) atoms. The van der Waals surface area contributed by atoms with Gasteiger partial charge in [0.25, 0.3) is 11.6 Å². The first-order chi connectivity index (χ1) is 10.5. The number of hydrogen-bond acceptors (Lipinski definition) is 4. The van der Waals surface area contributed by atoms with Crippen LogP contribution in [0.1, 0.15) is 26.3 Å². The van der Waals surface area contributed by atoms with Crippen LogP contribution in [-0.2, 0) is 6.54 Å². The molecular weight excluding hydrogens is 288 g/mol. The minimum absolute atomic E-state index is 0.00795. The van der Waals surface area contributed by atoms with Crippen LogP contribution in [0.25, 0.3) is 0 Å². The third kappa shape index (κ3) is 3.26. The molecule has 0 spiro atoms. The molecule has 2 aromatic rings. The van der Waals surface area contributed by atoms with Gasteiger partial charge in [0.1, 0.15) is 0 Å². The van der Waals surface area contributed by atoms with Gasteiger partial charge in [0, 0.05) is 18.2 Å². The number of para-hydroxylation sites is 1. The zero-order valence-electron chi connectivity index (χ0n) is 11.4. The molecule has 7 nitrogen and oxygen atoms in total. The second-order valence-corrected chi connectivity index (χ2v) is 4.42. The summed E-state index contributed by atoms with van der Waals surface area (Å²) < 4.78 is 0. The Morgan fingerprint density at radius 2 is 1.64 bits per heavy atom. The van der Waals surface area contributed by atoms with Crippen LogP contribution in [-0.4, -0.2) is 21.9 Å². The largest absolute Gasteiger partial charge is 0.478 e. The highest BCUT2D eigenvalue weighted by molar-refractivity contribution is 6.04. The van der Waals surface area contributed by atoms with E-state index in [0.717, 1.165) is 0 Å². The van der Waals surface area contributed by atoms with Crippen molar-refractivity contribution in [2.45, 2.75) is 6.54 Å². The van der Waals surface area contributed by atoms with Crippen molar-refractivity contribution in [1.29, 1.82) is 0 Å². The molecule has 112 valence electrons. The van der Waals surface area contributed by atoms with Crippen LogP contribution in [0.3, 0.4) is 0 Å². The maximum Gasteiger partial charge on any atom is 0.336 e. The molecule has 2 rings (SSSR count). The lowest BCUT2D eigenvalue weighted by Crippen LogP contribution is -2.25. The van der Waals surface area contributed by atoms with Gasteiger partial charge in [-0.3, -0.25) is 14.9 Å². The maximum absolute atomic E-state index is 12.1. The minimum atomic E-state index is -1.21. The Balaban J connectivity index is 2.18. The number of carboxylic acids is 1. The molecule has 0 unspecified atom stereocenters. The third-order valence-electron chi connectivity index (χ3n) is 3.03. The van der Waals surface area contributed by atoms with Crippen LogP contribution in [0.5, 0.6) is 0 Å². The standard InChI is InChI=1S/C15H12N2O5/c18-14(11-6-2-3-7-12(11)15(19)20)16-9-10-5-1-4-8-13(10)17(21)22/h1-8H,9H2,(H,16,18)(H,19,20). The van der Waals surface area contributed by atoms with Gasteiger partial charge in [-0.25, -0.2) is 4.79 Å². The minimum Gasteiger partial charge on any atom is -0.478 e. The van der Waals surface area contributed by atoms with Gasteiger partial charge >= 0.3 is 5.97 Å². The van der Waals surface area contributed by atoms with E-state index in [0.29, 0.717) is 5.56 Å². The summed E-state index contributed by atoms with van der Waals surface area (Å²) in [6.07, 6.45) is 0. The van der Waals surface area contributed by atoms with Gasteiger partial charge in [0.15, 0.2) is 0 Å². The number of rotatable bonds is 5. The zero-order valence-corrected chi connectivity index (χ0v) is 11.4. The fourth-order valence-corrected chi connectivity index (χ4v) is 1.98. The lowest BCUT2D eigenvalue weighted by Gasteiger charge is -2.08. The van der Waals surface area contributed by atoms with Crippen LogP contribution in [0.4, 0.5) is 5.69 Å². The summed E-state index contributed by atoms with van der Waals surface area (Å²) in [6.45, 7) is -0.0655. The van der Waals surface area contributed by atoms with Gasteiger partial charge in [0.2, 0.25) is 0 Å². The highest BCUT2D eigenvalue weighted by Gasteiger charge is 2.17. The summed E-state index contributed by atoms with van der Waals surface area (Å²) in [6, 6.07) is 11.8. The second kappa shape index (κ2) is 6.49. The SMILES string of the molecule is O=C(O)c1ccccc1C(=O)NCc1ccccc1[N+](=O)[O-]. The molecule has 0 atom stereocenters. The number of aromatic carboxylic acids is 1. The molecule has 7 heteroatoms. The van der Waals surface area contributed by atoms with E-state index >= 15 is 0 Å². The highest BCUT2D eigenvalue weighted by atomic mass is 16.6. The number of carbonyl (C=O) groups excluding carboxylic acids is 1. The number of hydrogen-bond donors (Lipinski definition) is 2. The van der Waals surface area contributed by atoms with Gasteiger partial charge in [-0.15, -0.1) is 0 Å². The molecule has 0 saturated heterocycles.